The van der Waals surface area contributed by atoms with Crippen molar-refractivity contribution < 1.29 is 9.53 Å². The zero-order chi connectivity index (χ0) is 13.2. The average molecular weight is 274 g/mol. The van der Waals surface area contributed by atoms with E-state index in [9.17, 15) is 4.79 Å². The van der Waals surface area contributed by atoms with E-state index in [0.29, 0.717) is 28.6 Å². The number of hydrogen-bond acceptors (Lipinski definition) is 3. The van der Waals surface area contributed by atoms with Crippen LogP contribution in [0, 0.1) is 0 Å². The molecule has 0 N–H and O–H groups in total. The van der Waals surface area contributed by atoms with Crippen LogP contribution < -0.4 is 4.74 Å². The third-order valence-electron chi connectivity index (χ3n) is 3.17. The lowest BCUT2D eigenvalue weighted by molar-refractivity contribution is 0.103. The van der Waals surface area contributed by atoms with Gasteiger partial charge in [-0.15, -0.1) is 0 Å². The SMILES string of the molecule is O=C(c1ccnc(Cl)c1)c1cccc2c1OCCC2. The Hall–Kier alpha value is -1.87. The van der Waals surface area contributed by atoms with Crippen LogP contribution in [0.15, 0.2) is 36.5 Å². The van der Waals surface area contributed by atoms with Gasteiger partial charge in [0.25, 0.3) is 0 Å². The number of carbonyl (C=O) groups is 1. The third-order valence-corrected chi connectivity index (χ3v) is 3.37. The minimum Gasteiger partial charge on any atom is -0.493 e. The molecule has 1 aliphatic rings. The van der Waals surface area contributed by atoms with E-state index in [0.717, 1.165) is 18.4 Å². The highest BCUT2D eigenvalue weighted by Gasteiger charge is 2.20. The van der Waals surface area contributed by atoms with Crippen LogP contribution in [0.3, 0.4) is 0 Å². The molecule has 1 aliphatic heterocycles. The topological polar surface area (TPSA) is 39.2 Å². The van der Waals surface area contributed by atoms with Crippen LogP contribution in [-0.2, 0) is 6.42 Å². The number of fused-ring (bicyclic) bond motifs is 1. The summed E-state index contributed by atoms with van der Waals surface area (Å²) in [6, 6.07) is 8.93. The number of ketones is 1. The first-order valence-electron chi connectivity index (χ1n) is 6.16. The average Bonchev–Trinajstić information content (AvgIpc) is 2.46. The Morgan fingerprint density at radius 2 is 2.21 bits per heavy atom. The molecule has 0 aliphatic carbocycles. The molecule has 3 nitrogen and oxygen atoms in total. The molecule has 3 rings (SSSR count). The monoisotopic (exact) mass is 273 g/mol. The summed E-state index contributed by atoms with van der Waals surface area (Å²) in [5, 5.41) is 0.316. The summed E-state index contributed by atoms with van der Waals surface area (Å²) in [6.07, 6.45) is 3.48. The Balaban J connectivity index is 2.05. The highest BCUT2D eigenvalue weighted by Crippen LogP contribution is 2.30. The molecule has 0 saturated carbocycles. The fourth-order valence-electron chi connectivity index (χ4n) is 2.27. The highest BCUT2D eigenvalue weighted by atomic mass is 35.5. The standard InChI is InChI=1S/C15H12ClNO2/c16-13-9-11(6-7-17-13)14(18)12-5-1-3-10-4-2-8-19-15(10)12/h1,3,5-7,9H,2,4,8H2. The van der Waals surface area contributed by atoms with E-state index < -0.39 is 0 Å². The molecule has 19 heavy (non-hydrogen) atoms. The van der Waals surface area contributed by atoms with Gasteiger partial charge in [0.1, 0.15) is 10.9 Å². The van der Waals surface area contributed by atoms with Gasteiger partial charge in [-0.05, 0) is 36.6 Å². The third kappa shape index (κ3) is 2.34. The van der Waals surface area contributed by atoms with E-state index in [2.05, 4.69) is 4.98 Å². The zero-order valence-corrected chi connectivity index (χ0v) is 11.0. The first-order chi connectivity index (χ1) is 9.25. The molecule has 0 saturated heterocycles. The molecule has 2 aromatic rings. The van der Waals surface area contributed by atoms with Gasteiger partial charge in [0.15, 0.2) is 5.78 Å². The Morgan fingerprint density at radius 3 is 3.05 bits per heavy atom. The highest BCUT2D eigenvalue weighted by molar-refractivity contribution is 6.30. The van der Waals surface area contributed by atoms with Gasteiger partial charge in [0.05, 0.1) is 12.2 Å². The first kappa shape index (κ1) is 12.2. The second-order valence-electron chi connectivity index (χ2n) is 4.44. The molecular weight excluding hydrogens is 262 g/mol. The number of ether oxygens (including phenoxy) is 1. The van der Waals surface area contributed by atoms with Crippen molar-refractivity contribution >= 4 is 17.4 Å². The Bertz CT molecular complexity index is 640. The van der Waals surface area contributed by atoms with Crippen LogP contribution >= 0.6 is 11.6 Å². The molecule has 1 aromatic heterocycles. The summed E-state index contributed by atoms with van der Waals surface area (Å²) in [6.45, 7) is 0.661. The van der Waals surface area contributed by atoms with Crippen molar-refractivity contribution in [3.63, 3.8) is 0 Å². The van der Waals surface area contributed by atoms with Crippen molar-refractivity contribution in [2.45, 2.75) is 12.8 Å². The fraction of sp³-hybridized carbons (Fsp3) is 0.200. The van der Waals surface area contributed by atoms with Crippen LogP contribution in [0.4, 0.5) is 0 Å². The first-order valence-corrected chi connectivity index (χ1v) is 6.54. The minimum atomic E-state index is -0.0805. The smallest absolute Gasteiger partial charge is 0.196 e. The predicted octanol–water partition coefficient (Wildman–Crippen LogP) is 3.29. The van der Waals surface area contributed by atoms with Crippen molar-refractivity contribution in [2.24, 2.45) is 0 Å². The lowest BCUT2D eigenvalue weighted by atomic mass is 9.97. The van der Waals surface area contributed by atoms with Crippen LogP contribution in [-0.4, -0.2) is 17.4 Å². The summed E-state index contributed by atoms with van der Waals surface area (Å²) in [4.78, 5) is 16.4. The van der Waals surface area contributed by atoms with Crippen molar-refractivity contribution in [1.82, 2.24) is 4.98 Å². The fourth-order valence-corrected chi connectivity index (χ4v) is 2.44. The number of carbonyl (C=O) groups excluding carboxylic acids is 1. The van der Waals surface area contributed by atoms with Crippen LogP contribution in [0.5, 0.6) is 5.75 Å². The molecular formula is C15H12ClNO2. The van der Waals surface area contributed by atoms with Crippen molar-refractivity contribution in [2.75, 3.05) is 6.61 Å². The Morgan fingerprint density at radius 1 is 1.32 bits per heavy atom. The number of rotatable bonds is 2. The van der Waals surface area contributed by atoms with E-state index in [1.807, 2.05) is 12.1 Å². The maximum absolute atomic E-state index is 12.5. The number of halogens is 1. The maximum atomic E-state index is 12.5. The number of para-hydroxylation sites is 1. The van der Waals surface area contributed by atoms with Gasteiger partial charge < -0.3 is 4.74 Å². The summed E-state index contributed by atoms with van der Waals surface area (Å²) < 4.78 is 5.66. The van der Waals surface area contributed by atoms with Crippen LogP contribution in [0.2, 0.25) is 5.15 Å². The van der Waals surface area contributed by atoms with Crippen molar-refractivity contribution in [1.29, 1.82) is 0 Å². The molecule has 0 atom stereocenters. The van der Waals surface area contributed by atoms with Gasteiger partial charge in [0.2, 0.25) is 0 Å². The van der Waals surface area contributed by atoms with E-state index in [1.165, 1.54) is 6.20 Å². The number of benzene rings is 1. The predicted molar refractivity (Wildman–Crippen MR) is 72.9 cm³/mol. The molecule has 0 unspecified atom stereocenters. The van der Waals surface area contributed by atoms with Gasteiger partial charge in [0, 0.05) is 11.8 Å². The molecule has 2 heterocycles. The molecule has 1 aromatic carbocycles. The van der Waals surface area contributed by atoms with Gasteiger partial charge in [-0.2, -0.15) is 0 Å². The lowest BCUT2D eigenvalue weighted by Gasteiger charge is -2.19. The van der Waals surface area contributed by atoms with E-state index >= 15 is 0 Å². The number of nitrogens with zero attached hydrogens (tertiary/aromatic N) is 1. The van der Waals surface area contributed by atoms with Gasteiger partial charge >= 0.3 is 0 Å². The normalized spacial score (nSPS) is 13.5. The minimum absolute atomic E-state index is 0.0805. The summed E-state index contributed by atoms with van der Waals surface area (Å²) in [5.41, 5.74) is 2.22. The number of aromatic nitrogens is 1. The number of aryl methyl sites for hydroxylation is 1. The summed E-state index contributed by atoms with van der Waals surface area (Å²) in [7, 11) is 0. The van der Waals surface area contributed by atoms with Gasteiger partial charge in [-0.3, -0.25) is 4.79 Å². The van der Waals surface area contributed by atoms with Crippen LogP contribution in [0.1, 0.15) is 27.9 Å². The maximum Gasteiger partial charge on any atom is 0.196 e. The van der Waals surface area contributed by atoms with Gasteiger partial charge in [-0.1, -0.05) is 23.7 Å². The summed E-state index contributed by atoms with van der Waals surface area (Å²) in [5.74, 6) is 0.634. The molecule has 96 valence electrons. The van der Waals surface area contributed by atoms with Gasteiger partial charge in [-0.25, -0.2) is 4.98 Å². The Kier molecular flexibility index (Phi) is 3.22. The zero-order valence-electron chi connectivity index (χ0n) is 10.2. The molecule has 0 fully saturated rings. The van der Waals surface area contributed by atoms with Crippen molar-refractivity contribution in [3.05, 3.63) is 58.4 Å². The lowest BCUT2D eigenvalue weighted by Crippen LogP contribution is -2.13. The Labute approximate surface area is 116 Å². The van der Waals surface area contributed by atoms with E-state index in [4.69, 9.17) is 16.3 Å². The molecule has 4 heteroatoms. The van der Waals surface area contributed by atoms with E-state index in [-0.39, 0.29) is 5.78 Å². The molecule has 0 spiro atoms. The molecule has 0 radical (unpaired) electrons. The molecule has 0 amide bonds. The van der Waals surface area contributed by atoms with E-state index in [1.54, 1.807) is 18.2 Å². The van der Waals surface area contributed by atoms with Crippen molar-refractivity contribution in [3.8, 4) is 5.75 Å². The van der Waals surface area contributed by atoms with Crippen LogP contribution in [0.25, 0.3) is 0 Å². The largest absolute Gasteiger partial charge is 0.493 e. The number of pyridine rings is 1. The molecule has 0 bridgehead atoms. The quantitative estimate of drug-likeness (QED) is 0.623. The second-order valence-corrected chi connectivity index (χ2v) is 4.83. The number of hydrogen-bond donors (Lipinski definition) is 0. The second kappa shape index (κ2) is 5.02. The summed E-state index contributed by atoms with van der Waals surface area (Å²) >= 11 is 5.83.